The maximum atomic E-state index is 12.6. The van der Waals surface area contributed by atoms with Crippen molar-refractivity contribution < 1.29 is 9.53 Å². The number of likely N-dealkylation sites (N-methyl/N-ethyl adjacent to an activating group) is 1. The van der Waals surface area contributed by atoms with Crippen LogP contribution < -0.4 is 5.32 Å². The predicted octanol–water partition coefficient (Wildman–Crippen LogP) is 1.26. The fraction of sp³-hybridized carbons (Fsp3) is 0.923. The van der Waals surface area contributed by atoms with Crippen molar-refractivity contribution in [3.8, 4) is 0 Å². The first-order valence-corrected chi connectivity index (χ1v) is 6.56. The lowest BCUT2D eigenvalue weighted by atomic mass is 9.79. The highest BCUT2D eigenvalue weighted by molar-refractivity contribution is 5.82. The number of rotatable bonds is 5. The zero-order valence-corrected chi connectivity index (χ0v) is 11.6. The van der Waals surface area contributed by atoms with Gasteiger partial charge in [-0.15, -0.1) is 0 Å². The molecule has 1 aliphatic rings. The minimum Gasteiger partial charge on any atom is -0.383 e. The zero-order valence-electron chi connectivity index (χ0n) is 11.6. The van der Waals surface area contributed by atoms with Crippen LogP contribution in [0.25, 0.3) is 0 Å². The molecule has 4 heteroatoms. The molecule has 1 amide bonds. The van der Waals surface area contributed by atoms with Crippen molar-refractivity contribution in [2.75, 3.05) is 33.4 Å². The van der Waals surface area contributed by atoms with E-state index >= 15 is 0 Å². The maximum absolute atomic E-state index is 12.6. The van der Waals surface area contributed by atoms with Crippen molar-refractivity contribution in [2.45, 2.75) is 39.7 Å². The molecule has 1 atom stereocenters. The molecule has 0 saturated carbocycles. The summed E-state index contributed by atoms with van der Waals surface area (Å²) in [5.74, 6) is 0.283. The summed E-state index contributed by atoms with van der Waals surface area (Å²) in [5.41, 5.74) is -0.191. The van der Waals surface area contributed by atoms with Crippen molar-refractivity contribution in [1.82, 2.24) is 10.2 Å². The second-order valence-corrected chi connectivity index (χ2v) is 5.21. The molecule has 0 aliphatic carbocycles. The van der Waals surface area contributed by atoms with Crippen LogP contribution in [0.2, 0.25) is 0 Å². The lowest BCUT2D eigenvalue weighted by Gasteiger charge is -2.39. The third-order valence-corrected chi connectivity index (χ3v) is 3.76. The largest absolute Gasteiger partial charge is 0.383 e. The minimum atomic E-state index is -0.191. The fourth-order valence-corrected chi connectivity index (χ4v) is 2.53. The van der Waals surface area contributed by atoms with Gasteiger partial charge in [0.1, 0.15) is 0 Å². The molecule has 1 rings (SSSR count). The van der Waals surface area contributed by atoms with Crippen molar-refractivity contribution in [3.05, 3.63) is 0 Å². The summed E-state index contributed by atoms with van der Waals surface area (Å²) >= 11 is 0. The molecule has 0 aromatic carbocycles. The first kappa shape index (κ1) is 14.5. The SMILES string of the molecule is CCN(C(=O)C1(C)CCNCC1)C(C)COC. The lowest BCUT2D eigenvalue weighted by molar-refractivity contribution is -0.145. The number of nitrogens with zero attached hydrogens (tertiary/aromatic N) is 1. The Morgan fingerprint density at radius 3 is 2.53 bits per heavy atom. The van der Waals surface area contributed by atoms with Crippen LogP contribution in [0, 0.1) is 5.41 Å². The third-order valence-electron chi connectivity index (χ3n) is 3.76. The average Bonchev–Trinajstić information content (AvgIpc) is 2.31. The van der Waals surface area contributed by atoms with Gasteiger partial charge >= 0.3 is 0 Å². The molecule has 0 aromatic heterocycles. The van der Waals surface area contributed by atoms with E-state index < -0.39 is 0 Å². The summed E-state index contributed by atoms with van der Waals surface area (Å²) in [6.45, 7) is 9.43. The fourth-order valence-electron chi connectivity index (χ4n) is 2.53. The van der Waals surface area contributed by atoms with Gasteiger partial charge in [-0.3, -0.25) is 4.79 Å². The van der Waals surface area contributed by atoms with Gasteiger partial charge in [0, 0.05) is 19.1 Å². The smallest absolute Gasteiger partial charge is 0.228 e. The lowest BCUT2D eigenvalue weighted by Crippen LogP contribution is -2.51. The molecule has 0 bridgehead atoms. The minimum absolute atomic E-state index is 0.157. The van der Waals surface area contributed by atoms with Crippen LogP contribution in [0.1, 0.15) is 33.6 Å². The standard InChI is InChI=1S/C13H26N2O2/c1-5-15(11(2)10-17-4)12(16)13(3)6-8-14-9-7-13/h11,14H,5-10H2,1-4H3. The van der Waals surface area contributed by atoms with Crippen LogP contribution in [-0.2, 0) is 9.53 Å². The zero-order chi connectivity index (χ0) is 12.9. The van der Waals surface area contributed by atoms with Gasteiger partial charge in [0.25, 0.3) is 0 Å². The Morgan fingerprint density at radius 2 is 2.06 bits per heavy atom. The summed E-state index contributed by atoms with van der Waals surface area (Å²) in [4.78, 5) is 14.6. The number of amides is 1. The van der Waals surface area contributed by atoms with Crippen LogP contribution in [0.5, 0.6) is 0 Å². The van der Waals surface area contributed by atoms with Crippen LogP contribution in [0.3, 0.4) is 0 Å². The third kappa shape index (κ3) is 3.42. The van der Waals surface area contributed by atoms with E-state index in [2.05, 4.69) is 19.2 Å². The Labute approximate surface area is 105 Å². The Bertz CT molecular complexity index is 250. The van der Waals surface area contributed by atoms with Gasteiger partial charge in [0.15, 0.2) is 0 Å². The van der Waals surface area contributed by atoms with Crippen molar-refractivity contribution in [1.29, 1.82) is 0 Å². The molecule has 1 saturated heterocycles. The number of ether oxygens (including phenoxy) is 1. The number of piperidine rings is 1. The molecule has 0 aromatic rings. The summed E-state index contributed by atoms with van der Waals surface area (Å²) < 4.78 is 5.15. The van der Waals surface area contributed by atoms with E-state index in [0.29, 0.717) is 6.61 Å². The van der Waals surface area contributed by atoms with E-state index in [1.807, 2.05) is 11.8 Å². The van der Waals surface area contributed by atoms with E-state index in [9.17, 15) is 4.79 Å². The first-order valence-electron chi connectivity index (χ1n) is 6.56. The molecule has 0 radical (unpaired) electrons. The van der Waals surface area contributed by atoms with Gasteiger partial charge in [-0.1, -0.05) is 6.92 Å². The molecule has 0 spiro atoms. The van der Waals surface area contributed by atoms with Crippen molar-refractivity contribution in [2.24, 2.45) is 5.41 Å². The van der Waals surface area contributed by atoms with E-state index in [-0.39, 0.29) is 17.4 Å². The molecule has 1 unspecified atom stereocenters. The van der Waals surface area contributed by atoms with E-state index in [0.717, 1.165) is 32.5 Å². The molecule has 1 aliphatic heterocycles. The van der Waals surface area contributed by atoms with E-state index in [1.165, 1.54) is 0 Å². The summed E-state index contributed by atoms with van der Waals surface area (Å²) in [5, 5.41) is 3.31. The molecule has 17 heavy (non-hydrogen) atoms. The summed E-state index contributed by atoms with van der Waals surface area (Å²) in [6, 6.07) is 0.157. The molecule has 1 fully saturated rings. The van der Waals surface area contributed by atoms with Gasteiger partial charge in [-0.2, -0.15) is 0 Å². The Hall–Kier alpha value is -0.610. The number of nitrogens with one attached hydrogen (secondary N) is 1. The van der Waals surface area contributed by atoms with Gasteiger partial charge in [-0.25, -0.2) is 0 Å². The molecular formula is C13H26N2O2. The predicted molar refractivity (Wildman–Crippen MR) is 68.9 cm³/mol. The van der Waals surface area contributed by atoms with Gasteiger partial charge in [0.05, 0.1) is 12.6 Å². The summed E-state index contributed by atoms with van der Waals surface area (Å²) in [6.07, 6.45) is 1.87. The van der Waals surface area contributed by atoms with Gasteiger partial charge in [0.2, 0.25) is 5.91 Å². The Morgan fingerprint density at radius 1 is 1.47 bits per heavy atom. The molecule has 4 nitrogen and oxygen atoms in total. The number of methoxy groups -OCH3 is 1. The van der Waals surface area contributed by atoms with Crippen LogP contribution in [0.15, 0.2) is 0 Å². The number of carbonyl (C=O) groups is 1. The quantitative estimate of drug-likeness (QED) is 0.789. The number of hydrogen-bond donors (Lipinski definition) is 1. The van der Waals surface area contributed by atoms with Crippen LogP contribution in [0.4, 0.5) is 0 Å². The Balaban J connectivity index is 2.70. The maximum Gasteiger partial charge on any atom is 0.228 e. The first-order chi connectivity index (χ1) is 8.05. The highest BCUT2D eigenvalue weighted by atomic mass is 16.5. The van der Waals surface area contributed by atoms with E-state index in [4.69, 9.17) is 4.74 Å². The van der Waals surface area contributed by atoms with Crippen LogP contribution in [-0.4, -0.2) is 50.2 Å². The highest BCUT2D eigenvalue weighted by Gasteiger charge is 2.38. The number of carbonyl (C=O) groups excluding carboxylic acids is 1. The molecule has 1 N–H and O–H groups in total. The number of hydrogen-bond acceptors (Lipinski definition) is 3. The van der Waals surface area contributed by atoms with Gasteiger partial charge < -0.3 is 15.0 Å². The normalized spacial score (nSPS) is 20.9. The van der Waals surface area contributed by atoms with Crippen molar-refractivity contribution in [3.63, 3.8) is 0 Å². The molecule has 1 heterocycles. The van der Waals surface area contributed by atoms with Crippen molar-refractivity contribution >= 4 is 5.91 Å². The average molecular weight is 242 g/mol. The Kier molecular flexibility index (Phi) is 5.40. The highest BCUT2D eigenvalue weighted by Crippen LogP contribution is 2.31. The molecule has 100 valence electrons. The second kappa shape index (κ2) is 6.36. The topological polar surface area (TPSA) is 41.6 Å². The van der Waals surface area contributed by atoms with Gasteiger partial charge in [-0.05, 0) is 39.8 Å². The monoisotopic (exact) mass is 242 g/mol. The van der Waals surface area contributed by atoms with Crippen LogP contribution >= 0.6 is 0 Å². The van der Waals surface area contributed by atoms with E-state index in [1.54, 1.807) is 7.11 Å². The summed E-state index contributed by atoms with van der Waals surface area (Å²) in [7, 11) is 1.68. The molecular weight excluding hydrogens is 216 g/mol. The second-order valence-electron chi connectivity index (χ2n) is 5.21.